The number of benzene rings is 1. The average molecular weight is 504 g/mol. The molecule has 0 aliphatic carbocycles. The fourth-order valence-corrected chi connectivity index (χ4v) is 2.95. The van der Waals surface area contributed by atoms with E-state index in [9.17, 15) is 28.4 Å². The highest BCUT2D eigenvalue weighted by Crippen LogP contribution is 2.23. The second-order valence-corrected chi connectivity index (χ2v) is 7.40. The van der Waals surface area contributed by atoms with Gasteiger partial charge in [-0.1, -0.05) is 11.6 Å². The fourth-order valence-electron chi connectivity index (χ4n) is 2.57. The van der Waals surface area contributed by atoms with E-state index in [4.69, 9.17) is 33.3 Å². The molecule has 0 aliphatic rings. The zero-order chi connectivity index (χ0) is 25.0. The molecule has 1 unspecified atom stereocenters. The summed E-state index contributed by atoms with van der Waals surface area (Å²) in [6.45, 7) is 0.913. The summed E-state index contributed by atoms with van der Waals surface area (Å²) in [5.74, 6) is -3.77. The van der Waals surface area contributed by atoms with Gasteiger partial charge in [0.15, 0.2) is 10.9 Å². The molecule has 0 saturated carbocycles. The molecule has 14 heteroatoms. The van der Waals surface area contributed by atoms with E-state index in [0.717, 1.165) is 21.3 Å². The summed E-state index contributed by atoms with van der Waals surface area (Å²) >= 11 is 10.9. The second kappa shape index (κ2) is 10.5. The lowest BCUT2D eigenvalue weighted by Crippen LogP contribution is -2.44. The molecular formula is C19H19ClFN3O8S. The summed E-state index contributed by atoms with van der Waals surface area (Å²) in [5.41, 5.74) is -2.89. The van der Waals surface area contributed by atoms with Gasteiger partial charge in [0.2, 0.25) is 0 Å². The zero-order valence-corrected chi connectivity index (χ0v) is 19.5. The molecule has 0 bridgehead atoms. The predicted molar refractivity (Wildman–Crippen MR) is 115 cm³/mol. The standard InChI is InChI=1S/C19H19ClFN3O8S/c1-9(15(26)31-6-5-14(25)30-4)32-16(27)10-7-13(12(21)8-11(10)20)24-17(28)22(2)19(33)23(3)18(24)29/h7-9H,5-6H2,1-4H3. The third-order valence-electron chi connectivity index (χ3n) is 4.42. The number of halogens is 2. The highest BCUT2D eigenvalue weighted by Gasteiger charge is 2.25. The molecule has 2 rings (SSSR count). The SMILES string of the molecule is COC(=O)CCOC(=O)C(C)OC(=O)c1cc(-n2c(=O)n(C)c(=S)n(C)c2=O)c(F)cc1Cl. The summed E-state index contributed by atoms with van der Waals surface area (Å²) in [6.07, 6.45) is -1.60. The number of carbonyl (C=O) groups excluding carboxylic acids is 3. The van der Waals surface area contributed by atoms with Crippen molar-refractivity contribution in [1.82, 2.24) is 13.7 Å². The Morgan fingerprint density at radius 1 is 1.15 bits per heavy atom. The smallest absolute Gasteiger partial charge is 0.347 e. The molecule has 0 aliphatic heterocycles. The topological polar surface area (TPSA) is 128 Å². The van der Waals surface area contributed by atoms with E-state index in [1.165, 1.54) is 28.1 Å². The molecule has 0 radical (unpaired) electrons. The van der Waals surface area contributed by atoms with Gasteiger partial charge < -0.3 is 14.2 Å². The Bertz CT molecular complexity index is 1260. The summed E-state index contributed by atoms with van der Waals surface area (Å²) in [6, 6.07) is 1.57. The van der Waals surface area contributed by atoms with Crippen molar-refractivity contribution in [3.05, 3.63) is 54.3 Å². The summed E-state index contributed by atoms with van der Waals surface area (Å²) in [7, 11) is 3.75. The minimum Gasteiger partial charge on any atom is -0.469 e. The summed E-state index contributed by atoms with van der Waals surface area (Å²) in [4.78, 5) is 60.7. The molecule has 0 saturated heterocycles. The van der Waals surface area contributed by atoms with Crippen LogP contribution in [0.1, 0.15) is 23.7 Å². The quantitative estimate of drug-likeness (QED) is 0.309. The van der Waals surface area contributed by atoms with Crippen molar-refractivity contribution in [2.45, 2.75) is 19.4 Å². The van der Waals surface area contributed by atoms with Gasteiger partial charge in [-0.3, -0.25) is 13.9 Å². The normalized spacial score (nSPS) is 11.6. The van der Waals surface area contributed by atoms with Gasteiger partial charge in [0, 0.05) is 14.1 Å². The van der Waals surface area contributed by atoms with Crippen LogP contribution in [-0.4, -0.2) is 51.4 Å². The number of methoxy groups -OCH3 is 1. The van der Waals surface area contributed by atoms with Crippen LogP contribution in [-0.2, 0) is 37.9 Å². The molecule has 1 aromatic heterocycles. The second-order valence-electron chi connectivity index (χ2n) is 6.63. The van der Waals surface area contributed by atoms with Crippen molar-refractivity contribution >= 4 is 41.7 Å². The summed E-state index contributed by atoms with van der Waals surface area (Å²) in [5, 5.41) is -0.387. The van der Waals surface area contributed by atoms with Gasteiger partial charge in [-0.25, -0.2) is 28.1 Å². The molecule has 0 amide bonds. The molecule has 0 spiro atoms. The minimum absolute atomic E-state index is 0.102. The van der Waals surface area contributed by atoms with Gasteiger partial charge >= 0.3 is 29.3 Å². The van der Waals surface area contributed by atoms with Gasteiger partial charge in [0.05, 0.1) is 29.8 Å². The van der Waals surface area contributed by atoms with E-state index in [1.807, 2.05) is 0 Å². The van der Waals surface area contributed by atoms with Gasteiger partial charge in [0.25, 0.3) is 0 Å². The molecular weight excluding hydrogens is 485 g/mol. The van der Waals surface area contributed by atoms with Crippen LogP contribution < -0.4 is 11.4 Å². The van der Waals surface area contributed by atoms with Crippen LogP contribution in [0.25, 0.3) is 5.69 Å². The van der Waals surface area contributed by atoms with Crippen LogP contribution in [0.2, 0.25) is 5.02 Å². The summed E-state index contributed by atoms with van der Waals surface area (Å²) < 4.78 is 31.1. The van der Waals surface area contributed by atoms with Gasteiger partial charge in [-0.15, -0.1) is 0 Å². The maximum Gasteiger partial charge on any atom is 0.347 e. The number of rotatable bonds is 7. The van der Waals surface area contributed by atoms with Gasteiger partial charge in [0.1, 0.15) is 12.4 Å². The van der Waals surface area contributed by atoms with E-state index in [-0.39, 0.29) is 22.8 Å². The maximum absolute atomic E-state index is 14.6. The first-order valence-corrected chi connectivity index (χ1v) is 10.0. The Kier molecular flexibility index (Phi) is 8.28. The first-order valence-electron chi connectivity index (χ1n) is 9.23. The Morgan fingerprint density at radius 3 is 2.27 bits per heavy atom. The zero-order valence-electron chi connectivity index (χ0n) is 17.9. The van der Waals surface area contributed by atoms with Crippen LogP contribution in [0, 0.1) is 10.6 Å². The van der Waals surface area contributed by atoms with E-state index in [0.29, 0.717) is 4.57 Å². The number of esters is 3. The van der Waals surface area contributed by atoms with Crippen molar-refractivity contribution in [2.75, 3.05) is 13.7 Å². The Hall–Kier alpha value is -3.32. The minimum atomic E-state index is -1.41. The molecule has 33 heavy (non-hydrogen) atoms. The third kappa shape index (κ3) is 5.54. The van der Waals surface area contributed by atoms with Crippen LogP contribution in [0.5, 0.6) is 0 Å². The highest BCUT2D eigenvalue weighted by molar-refractivity contribution is 7.71. The van der Waals surface area contributed by atoms with Crippen LogP contribution in [0.4, 0.5) is 4.39 Å². The predicted octanol–water partition coefficient (Wildman–Crippen LogP) is 1.05. The number of carbonyl (C=O) groups is 3. The lowest BCUT2D eigenvalue weighted by Gasteiger charge is -2.15. The monoisotopic (exact) mass is 503 g/mol. The Balaban J connectivity index is 2.37. The lowest BCUT2D eigenvalue weighted by molar-refractivity contribution is -0.155. The fraction of sp³-hybridized carbons (Fsp3) is 0.368. The van der Waals surface area contributed by atoms with E-state index in [2.05, 4.69) is 4.74 Å². The number of aromatic nitrogens is 3. The van der Waals surface area contributed by atoms with E-state index >= 15 is 0 Å². The Labute approximate surface area is 195 Å². The van der Waals surface area contributed by atoms with Gasteiger partial charge in [-0.2, -0.15) is 0 Å². The number of ether oxygens (including phenoxy) is 3. The van der Waals surface area contributed by atoms with Crippen LogP contribution in [0.3, 0.4) is 0 Å². The van der Waals surface area contributed by atoms with Crippen LogP contribution in [0.15, 0.2) is 21.7 Å². The molecule has 1 aromatic carbocycles. The molecule has 0 fully saturated rings. The largest absolute Gasteiger partial charge is 0.469 e. The lowest BCUT2D eigenvalue weighted by atomic mass is 10.2. The molecule has 0 N–H and O–H groups in total. The van der Waals surface area contributed by atoms with E-state index < -0.39 is 52.5 Å². The third-order valence-corrected chi connectivity index (χ3v) is 5.28. The molecule has 2 aromatic rings. The van der Waals surface area contributed by atoms with Crippen LogP contribution >= 0.6 is 23.8 Å². The molecule has 1 atom stereocenters. The number of hydrogen-bond acceptors (Lipinski definition) is 9. The van der Waals surface area contributed by atoms with Crippen molar-refractivity contribution in [3.63, 3.8) is 0 Å². The van der Waals surface area contributed by atoms with Gasteiger partial charge in [-0.05, 0) is 31.3 Å². The average Bonchev–Trinajstić information content (AvgIpc) is 2.77. The van der Waals surface area contributed by atoms with Crippen molar-refractivity contribution in [1.29, 1.82) is 0 Å². The Morgan fingerprint density at radius 2 is 1.73 bits per heavy atom. The number of nitrogens with zero attached hydrogens (tertiary/aromatic N) is 3. The highest BCUT2D eigenvalue weighted by atomic mass is 35.5. The van der Waals surface area contributed by atoms with Crippen molar-refractivity contribution in [2.24, 2.45) is 14.1 Å². The van der Waals surface area contributed by atoms with Crippen molar-refractivity contribution in [3.8, 4) is 5.69 Å². The first-order chi connectivity index (χ1) is 15.4. The first kappa shape index (κ1) is 25.9. The molecule has 178 valence electrons. The van der Waals surface area contributed by atoms with Crippen molar-refractivity contribution < 1.29 is 33.0 Å². The number of hydrogen-bond donors (Lipinski definition) is 0. The van der Waals surface area contributed by atoms with E-state index in [1.54, 1.807) is 0 Å². The molecule has 11 nitrogen and oxygen atoms in total. The molecule has 1 heterocycles. The maximum atomic E-state index is 14.6.